The number of hydrogen-bond acceptors (Lipinski definition) is 3. The maximum absolute atomic E-state index is 13.3. The van der Waals surface area contributed by atoms with Crippen LogP contribution in [-0.2, 0) is 22.6 Å². The van der Waals surface area contributed by atoms with Gasteiger partial charge in [-0.15, -0.1) is 0 Å². The third-order valence-electron chi connectivity index (χ3n) is 5.33. The summed E-state index contributed by atoms with van der Waals surface area (Å²) in [5.41, 5.74) is 1.87. The highest BCUT2D eigenvalue weighted by Crippen LogP contribution is 2.27. The highest BCUT2D eigenvalue weighted by Gasteiger charge is 2.29. The number of ether oxygens (including phenoxy) is 1. The average molecular weight is 558 g/mol. The van der Waals surface area contributed by atoms with E-state index in [1.807, 2.05) is 25.1 Å². The predicted molar refractivity (Wildman–Crippen MR) is 138 cm³/mol. The quantitative estimate of drug-likeness (QED) is 0.306. The number of aryl methyl sites for hydroxylation is 1. The van der Waals surface area contributed by atoms with Gasteiger partial charge in [0.15, 0.2) is 6.61 Å². The van der Waals surface area contributed by atoms with E-state index in [2.05, 4.69) is 35.1 Å². The Balaban J connectivity index is 2.23. The van der Waals surface area contributed by atoms with E-state index in [1.54, 1.807) is 18.2 Å². The summed E-state index contributed by atoms with van der Waals surface area (Å²) < 4.78 is 6.60. The number of hydrogen-bond donors (Lipinski definition) is 1. The summed E-state index contributed by atoms with van der Waals surface area (Å²) in [5.74, 6) is 0.0910. The Labute approximate surface area is 214 Å². The molecule has 0 fully saturated rings. The van der Waals surface area contributed by atoms with Crippen LogP contribution in [0.25, 0.3) is 0 Å². The van der Waals surface area contributed by atoms with E-state index in [-0.39, 0.29) is 25.0 Å². The zero-order chi connectivity index (χ0) is 24.4. The lowest BCUT2D eigenvalue weighted by molar-refractivity contribution is -0.143. The maximum atomic E-state index is 13.3. The molecule has 0 radical (unpaired) electrons. The number of nitrogens with zero attached hydrogens (tertiary/aromatic N) is 1. The molecular formula is C25H31BrCl2N2O3. The number of rotatable bonds is 12. The second kappa shape index (κ2) is 13.8. The molecule has 33 heavy (non-hydrogen) atoms. The summed E-state index contributed by atoms with van der Waals surface area (Å²) in [5, 5.41) is 3.89. The van der Waals surface area contributed by atoms with Gasteiger partial charge in [-0.05, 0) is 70.6 Å². The van der Waals surface area contributed by atoms with Crippen LogP contribution in [0.5, 0.6) is 5.75 Å². The van der Waals surface area contributed by atoms with E-state index in [9.17, 15) is 9.59 Å². The fourth-order valence-electron chi connectivity index (χ4n) is 3.36. The molecular weight excluding hydrogens is 527 g/mol. The third-order valence-corrected chi connectivity index (χ3v) is 6.53. The summed E-state index contributed by atoms with van der Waals surface area (Å²) in [6.07, 6.45) is 3.21. The van der Waals surface area contributed by atoms with Gasteiger partial charge in [-0.25, -0.2) is 0 Å². The number of carbonyl (C=O) groups excluding carboxylic acids is 2. The zero-order valence-electron chi connectivity index (χ0n) is 19.3. The topological polar surface area (TPSA) is 58.6 Å². The van der Waals surface area contributed by atoms with Crippen LogP contribution in [-0.4, -0.2) is 35.9 Å². The van der Waals surface area contributed by atoms with Crippen molar-refractivity contribution >= 4 is 50.9 Å². The van der Waals surface area contributed by atoms with Crippen LogP contribution >= 0.6 is 39.1 Å². The molecule has 0 heterocycles. The fraction of sp³-hybridized carbons (Fsp3) is 0.440. The SMILES string of the molecule is CCCCNC(=O)C(CC)N(Cc1ccc(Cl)cc1Cl)C(=O)COc1ccc(CC)cc1Br. The Morgan fingerprint density at radius 1 is 1.12 bits per heavy atom. The molecule has 0 aliphatic carbocycles. The Morgan fingerprint density at radius 3 is 2.48 bits per heavy atom. The lowest BCUT2D eigenvalue weighted by Gasteiger charge is -2.31. The Morgan fingerprint density at radius 2 is 1.88 bits per heavy atom. The largest absolute Gasteiger partial charge is 0.483 e. The van der Waals surface area contributed by atoms with E-state index < -0.39 is 6.04 Å². The molecule has 0 aliphatic heterocycles. The summed E-state index contributed by atoms with van der Waals surface area (Å²) in [6, 6.07) is 10.3. The first-order valence-electron chi connectivity index (χ1n) is 11.2. The second-order valence-electron chi connectivity index (χ2n) is 7.73. The molecule has 2 amide bonds. The molecule has 1 N–H and O–H groups in total. The number of benzene rings is 2. The molecule has 2 aromatic carbocycles. The molecule has 0 spiro atoms. The number of carbonyl (C=O) groups is 2. The number of unbranched alkanes of at least 4 members (excludes halogenated alkanes) is 1. The predicted octanol–water partition coefficient (Wildman–Crippen LogP) is 6.42. The first-order valence-corrected chi connectivity index (χ1v) is 12.8. The van der Waals surface area contributed by atoms with Gasteiger partial charge in [0.2, 0.25) is 5.91 Å². The van der Waals surface area contributed by atoms with Crippen molar-refractivity contribution in [2.24, 2.45) is 0 Å². The van der Waals surface area contributed by atoms with Crippen LogP contribution in [0.1, 0.15) is 51.2 Å². The first-order chi connectivity index (χ1) is 15.8. The van der Waals surface area contributed by atoms with Gasteiger partial charge in [0.05, 0.1) is 4.47 Å². The molecule has 0 aromatic heterocycles. The minimum Gasteiger partial charge on any atom is -0.483 e. The molecule has 2 rings (SSSR count). The maximum Gasteiger partial charge on any atom is 0.261 e. The van der Waals surface area contributed by atoms with Gasteiger partial charge in [0.25, 0.3) is 5.91 Å². The van der Waals surface area contributed by atoms with Crippen LogP contribution < -0.4 is 10.1 Å². The fourth-order valence-corrected chi connectivity index (χ4v) is 4.37. The summed E-state index contributed by atoms with van der Waals surface area (Å²) >= 11 is 15.9. The van der Waals surface area contributed by atoms with Crippen LogP contribution in [0.15, 0.2) is 40.9 Å². The molecule has 5 nitrogen and oxygen atoms in total. The highest BCUT2D eigenvalue weighted by molar-refractivity contribution is 9.10. The van der Waals surface area contributed by atoms with Crippen molar-refractivity contribution in [1.29, 1.82) is 0 Å². The number of amides is 2. The van der Waals surface area contributed by atoms with Gasteiger partial charge in [-0.2, -0.15) is 0 Å². The van der Waals surface area contributed by atoms with Crippen molar-refractivity contribution in [3.05, 3.63) is 62.0 Å². The summed E-state index contributed by atoms with van der Waals surface area (Å²) in [4.78, 5) is 27.8. The summed E-state index contributed by atoms with van der Waals surface area (Å²) in [7, 11) is 0. The minimum absolute atomic E-state index is 0.174. The smallest absolute Gasteiger partial charge is 0.261 e. The van der Waals surface area contributed by atoms with Gasteiger partial charge in [-0.1, -0.05) is 62.5 Å². The molecule has 1 atom stereocenters. The van der Waals surface area contributed by atoms with Crippen LogP contribution in [0, 0.1) is 0 Å². The Kier molecular flexibility index (Phi) is 11.5. The number of nitrogens with one attached hydrogen (secondary N) is 1. The zero-order valence-corrected chi connectivity index (χ0v) is 22.4. The molecule has 180 valence electrons. The molecule has 0 aliphatic rings. The average Bonchev–Trinajstić information content (AvgIpc) is 2.79. The molecule has 2 aromatic rings. The van der Waals surface area contributed by atoms with Crippen molar-refractivity contribution in [1.82, 2.24) is 10.2 Å². The van der Waals surface area contributed by atoms with Crippen molar-refractivity contribution in [3.63, 3.8) is 0 Å². The molecule has 0 saturated carbocycles. The van der Waals surface area contributed by atoms with Crippen LogP contribution in [0.4, 0.5) is 0 Å². The van der Waals surface area contributed by atoms with Crippen molar-refractivity contribution in [2.75, 3.05) is 13.2 Å². The monoisotopic (exact) mass is 556 g/mol. The Hall–Kier alpha value is -1.76. The molecule has 0 bridgehead atoms. The van der Waals surface area contributed by atoms with Crippen molar-refractivity contribution in [2.45, 2.75) is 59.0 Å². The van der Waals surface area contributed by atoms with E-state index in [1.165, 1.54) is 4.90 Å². The van der Waals surface area contributed by atoms with E-state index in [0.29, 0.717) is 34.3 Å². The molecule has 0 saturated heterocycles. The van der Waals surface area contributed by atoms with Gasteiger partial charge in [0.1, 0.15) is 11.8 Å². The normalized spacial score (nSPS) is 11.7. The first kappa shape index (κ1) is 27.5. The van der Waals surface area contributed by atoms with Crippen LogP contribution in [0.2, 0.25) is 10.0 Å². The minimum atomic E-state index is -0.643. The van der Waals surface area contributed by atoms with Crippen molar-refractivity contribution in [3.8, 4) is 5.75 Å². The lowest BCUT2D eigenvalue weighted by atomic mass is 10.1. The van der Waals surface area contributed by atoms with E-state index >= 15 is 0 Å². The second-order valence-corrected chi connectivity index (χ2v) is 9.43. The van der Waals surface area contributed by atoms with Gasteiger partial charge >= 0.3 is 0 Å². The molecule has 8 heteroatoms. The molecule has 1 unspecified atom stereocenters. The third kappa shape index (κ3) is 8.20. The van der Waals surface area contributed by atoms with Crippen molar-refractivity contribution < 1.29 is 14.3 Å². The number of halogens is 3. The summed E-state index contributed by atoms with van der Waals surface area (Å²) in [6.45, 7) is 6.56. The van der Waals surface area contributed by atoms with E-state index in [4.69, 9.17) is 27.9 Å². The van der Waals surface area contributed by atoms with E-state index in [0.717, 1.165) is 29.3 Å². The van der Waals surface area contributed by atoms with Crippen LogP contribution in [0.3, 0.4) is 0 Å². The van der Waals surface area contributed by atoms with Gasteiger partial charge < -0.3 is 15.0 Å². The lowest BCUT2D eigenvalue weighted by Crippen LogP contribution is -2.50. The standard InChI is InChI=1S/C25H31BrCl2N2O3/c1-4-7-12-29-25(32)22(6-3)30(15-18-9-10-19(27)14-21(18)28)24(31)16-33-23-11-8-17(5-2)13-20(23)26/h8-11,13-14,22H,4-7,12,15-16H2,1-3H3,(H,29,32). The van der Waals surface area contributed by atoms with Gasteiger partial charge in [-0.3, -0.25) is 9.59 Å². The Bertz CT molecular complexity index is 955. The highest BCUT2D eigenvalue weighted by atomic mass is 79.9. The van der Waals surface area contributed by atoms with Gasteiger partial charge in [0, 0.05) is 23.1 Å².